The van der Waals surface area contributed by atoms with Crippen molar-refractivity contribution >= 4 is 5.97 Å². The molecule has 0 aliphatic heterocycles. The van der Waals surface area contributed by atoms with Gasteiger partial charge in [0.25, 0.3) is 0 Å². The minimum absolute atomic E-state index is 0.236. The van der Waals surface area contributed by atoms with Crippen LogP contribution in [0.3, 0.4) is 0 Å². The molecule has 0 saturated carbocycles. The zero-order chi connectivity index (χ0) is 11.1. The van der Waals surface area contributed by atoms with Gasteiger partial charge in [-0.15, -0.1) is 0 Å². The smallest absolute Gasteiger partial charge is 0.324 e. The summed E-state index contributed by atoms with van der Waals surface area (Å²) >= 11 is 0. The summed E-state index contributed by atoms with van der Waals surface area (Å²) in [5, 5.41) is 18.6. The van der Waals surface area contributed by atoms with Crippen LogP contribution in [0.15, 0.2) is 18.2 Å². The molecule has 1 atom stereocenters. The Kier molecular flexibility index (Phi) is 2.16. The third-order valence-electron chi connectivity index (χ3n) is 3.00. The SMILES string of the molecule is NC1(C(=O)O)CCc2c(O)cccc2C1. The summed E-state index contributed by atoms with van der Waals surface area (Å²) < 4.78 is 0. The van der Waals surface area contributed by atoms with E-state index in [0.717, 1.165) is 11.1 Å². The largest absolute Gasteiger partial charge is 0.508 e. The van der Waals surface area contributed by atoms with E-state index in [1.165, 1.54) is 0 Å². The number of phenolic OH excluding ortho intramolecular Hbond substituents is 1. The highest BCUT2D eigenvalue weighted by Crippen LogP contribution is 2.32. The molecular weight excluding hydrogens is 194 g/mol. The van der Waals surface area contributed by atoms with Gasteiger partial charge in [-0.2, -0.15) is 0 Å². The van der Waals surface area contributed by atoms with E-state index in [0.29, 0.717) is 12.8 Å². The summed E-state index contributed by atoms with van der Waals surface area (Å²) in [5.74, 6) is -0.739. The Morgan fingerprint density at radius 3 is 2.87 bits per heavy atom. The molecule has 4 heteroatoms. The fraction of sp³-hybridized carbons (Fsp3) is 0.364. The minimum Gasteiger partial charge on any atom is -0.508 e. The van der Waals surface area contributed by atoms with Crippen LogP contribution in [0.2, 0.25) is 0 Å². The number of benzene rings is 1. The quantitative estimate of drug-likeness (QED) is 0.631. The van der Waals surface area contributed by atoms with Crippen molar-refractivity contribution in [3.8, 4) is 5.75 Å². The molecule has 4 N–H and O–H groups in total. The van der Waals surface area contributed by atoms with Crippen LogP contribution in [0.1, 0.15) is 17.5 Å². The van der Waals surface area contributed by atoms with Crippen LogP contribution < -0.4 is 5.73 Å². The van der Waals surface area contributed by atoms with Crippen LogP contribution in [0.5, 0.6) is 5.75 Å². The van der Waals surface area contributed by atoms with Gasteiger partial charge in [0.1, 0.15) is 11.3 Å². The molecule has 0 saturated heterocycles. The summed E-state index contributed by atoms with van der Waals surface area (Å²) in [5.41, 5.74) is 6.28. The van der Waals surface area contributed by atoms with E-state index < -0.39 is 11.5 Å². The number of carbonyl (C=O) groups is 1. The summed E-state index contributed by atoms with van der Waals surface area (Å²) in [6.07, 6.45) is 1.17. The van der Waals surface area contributed by atoms with Crippen LogP contribution in [0, 0.1) is 0 Å². The van der Waals surface area contributed by atoms with E-state index in [1.54, 1.807) is 12.1 Å². The topological polar surface area (TPSA) is 83.6 Å². The van der Waals surface area contributed by atoms with Gasteiger partial charge in [-0.25, -0.2) is 0 Å². The second kappa shape index (κ2) is 3.24. The molecule has 1 aliphatic carbocycles. The number of hydrogen-bond acceptors (Lipinski definition) is 3. The molecule has 0 heterocycles. The van der Waals surface area contributed by atoms with Crippen molar-refractivity contribution < 1.29 is 15.0 Å². The minimum atomic E-state index is -1.18. The Hall–Kier alpha value is -1.55. The highest BCUT2D eigenvalue weighted by Gasteiger charge is 2.38. The molecule has 1 aromatic rings. The van der Waals surface area contributed by atoms with Crippen molar-refractivity contribution in [1.82, 2.24) is 0 Å². The van der Waals surface area contributed by atoms with Gasteiger partial charge in [-0.3, -0.25) is 4.79 Å². The normalized spacial score (nSPS) is 24.6. The van der Waals surface area contributed by atoms with Crippen LogP contribution in [0.25, 0.3) is 0 Å². The molecule has 2 rings (SSSR count). The predicted octanol–water partition coefficient (Wildman–Crippen LogP) is 0.663. The van der Waals surface area contributed by atoms with Gasteiger partial charge in [0.2, 0.25) is 0 Å². The molecule has 1 aromatic carbocycles. The number of carboxylic acids is 1. The van der Waals surface area contributed by atoms with Crippen LogP contribution >= 0.6 is 0 Å². The summed E-state index contributed by atoms with van der Waals surface area (Å²) in [6.45, 7) is 0. The highest BCUT2D eigenvalue weighted by atomic mass is 16.4. The van der Waals surface area contributed by atoms with Gasteiger partial charge in [0.15, 0.2) is 0 Å². The van der Waals surface area contributed by atoms with E-state index in [4.69, 9.17) is 10.8 Å². The molecule has 80 valence electrons. The van der Waals surface area contributed by atoms with Gasteiger partial charge in [-0.05, 0) is 30.0 Å². The Morgan fingerprint density at radius 1 is 1.47 bits per heavy atom. The maximum absolute atomic E-state index is 11.0. The number of phenols is 1. The van der Waals surface area contributed by atoms with E-state index >= 15 is 0 Å². The number of aliphatic carboxylic acids is 1. The van der Waals surface area contributed by atoms with E-state index in [-0.39, 0.29) is 12.2 Å². The first-order valence-electron chi connectivity index (χ1n) is 4.85. The first-order chi connectivity index (χ1) is 7.03. The number of hydrogen-bond donors (Lipinski definition) is 3. The molecule has 4 nitrogen and oxygen atoms in total. The maximum atomic E-state index is 11.0. The Morgan fingerprint density at radius 2 is 2.20 bits per heavy atom. The van der Waals surface area contributed by atoms with E-state index in [2.05, 4.69) is 0 Å². The predicted molar refractivity (Wildman–Crippen MR) is 54.7 cm³/mol. The Balaban J connectivity index is 2.39. The first-order valence-corrected chi connectivity index (χ1v) is 4.85. The molecule has 0 bridgehead atoms. The van der Waals surface area contributed by atoms with Crippen molar-refractivity contribution in [2.24, 2.45) is 5.73 Å². The van der Waals surface area contributed by atoms with Crippen molar-refractivity contribution in [2.75, 3.05) is 0 Å². The summed E-state index contributed by atoms with van der Waals surface area (Å²) in [7, 11) is 0. The van der Waals surface area contributed by atoms with Crippen LogP contribution in [-0.2, 0) is 17.6 Å². The van der Waals surface area contributed by atoms with Gasteiger partial charge in [0.05, 0.1) is 0 Å². The monoisotopic (exact) mass is 207 g/mol. The zero-order valence-electron chi connectivity index (χ0n) is 8.23. The second-order valence-corrected chi connectivity index (χ2v) is 4.05. The van der Waals surface area contributed by atoms with E-state index in [9.17, 15) is 9.90 Å². The number of rotatable bonds is 1. The molecule has 0 spiro atoms. The van der Waals surface area contributed by atoms with Crippen molar-refractivity contribution in [3.63, 3.8) is 0 Å². The van der Waals surface area contributed by atoms with Crippen molar-refractivity contribution in [2.45, 2.75) is 24.8 Å². The molecular formula is C11H13NO3. The molecule has 1 aliphatic rings. The maximum Gasteiger partial charge on any atom is 0.324 e. The average Bonchev–Trinajstić information content (AvgIpc) is 2.17. The van der Waals surface area contributed by atoms with Crippen molar-refractivity contribution in [3.05, 3.63) is 29.3 Å². The second-order valence-electron chi connectivity index (χ2n) is 4.05. The third-order valence-corrected chi connectivity index (χ3v) is 3.00. The van der Waals surface area contributed by atoms with E-state index in [1.807, 2.05) is 6.07 Å². The summed E-state index contributed by atoms with van der Waals surface area (Å²) in [4.78, 5) is 11.0. The molecule has 0 amide bonds. The Labute approximate surface area is 87.3 Å². The van der Waals surface area contributed by atoms with Gasteiger partial charge in [-0.1, -0.05) is 12.1 Å². The molecule has 0 aromatic heterocycles. The van der Waals surface area contributed by atoms with Gasteiger partial charge in [0, 0.05) is 6.42 Å². The molecule has 15 heavy (non-hydrogen) atoms. The third kappa shape index (κ3) is 1.57. The number of fused-ring (bicyclic) bond motifs is 1. The zero-order valence-corrected chi connectivity index (χ0v) is 8.23. The lowest BCUT2D eigenvalue weighted by atomic mass is 9.78. The van der Waals surface area contributed by atoms with Gasteiger partial charge < -0.3 is 15.9 Å². The number of aromatic hydroxyl groups is 1. The fourth-order valence-corrected chi connectivity index (χ4v) is 2.03. The fourth-order valence-electron chi connectivity index (χ4n) is 2.03. The lowest BCUT2D eigenvalue weighted by molar-refractivity contribution is -0.143. The highest BCUT2D eigenvalue weighted by molar-refractivity contribution is 5.79. The van der Waals surface area contributed by atoms with Crippen LogP contribution in [0.4, 0.5) is 0 Å². The number of carboxylic acid groups (broad SMARTS) is 1. The number of nitrogens with two attached hydrogens (primary N) is 1. The Bertz CT molecular complexity index is 416. The van der Waals surface area contributed by atoms with Crippen LogP contribution in [-0.4, -0.2) is 21.7 Å². The molecule has 0 fully saturated rings. The average molecular weight is 207 g/mol. The molecule has 0 radical (unpaired) electrons. The van der Waals surface area contributed by atoms with Crippen molar-refractivity contribution in [1.29, 1.82) is 0 Å². The first kappa shape index (κ1) is 9.98. The standard InChI is InChI=1S/C11H13NO3/c12-11(10(14)15)5-4-8-7(6-11)2-1-3-9(8)13/h1-3,13H,4-6,12H2,(H,14,15). The summed E-state index contributed by atoms with van der Waals surface area (Å²) in [6, 6.07) is 5.14. The lowest BCUT2D eigenvalue weighted by Crippen LogP contribution is -2.52. The van der Waals surface area contributed by atoms with Gasteiger partial charge >= 0.3 is 5.97 Å². The lowest BCUT2D eigenvalue weighted by Gasteiger charge is -2.30. The molecule has 1 unspecified atom stereocenters.